The summed E-state index contributed by atoms with van der Waals surface area (Å²) in [5.41, 5.74) is 1.86. The number of benzene rings is 1. The number of hydrogen-bond acceptors (Lipinski definition) is 5. The highest BCUT2D eigenvalue weighted by Gasteiger charge is 2.24. The molecule has 5 nitrogen and oxygen atoms in total. The van der Waals surface area contributed by atoms with Crippen molar-refractivity contribution in [2.45, 2.75) is 26.1 Å². The summed E-state index contributed by atoms with van der Waals surface area (Å²) >= 11 is 0. The van der Waals surface area contributed by atoms with E-state index >= 15 is 0 Å². The molecule has 2 rings (SSSR count). The zero-order valence-corrected chi connectivity index (χ0v) is 13.2. The van der Waals surface area contributed by atoms with Crippen LogP contribution in [0.3, 0.4) is 0 Å². The number of esters is 1. The van der Waals surface area contributed by atoms with E-state index in [0.29, 0.717) is 13.2 Å². The second-order valence-electron chi connectivity index (χ2n) is 5.01. The second-order valence-corrected chi connectivity index (χ2v) is 5.01. The maximum atomic E-state index is 11.5. The molecule has 0 N–H and O–H groups in total. The molecule has 0 saturated carbocycles. The smallest absolute Gasteiger partial charge is 0.330 e. The molecule has 120 valence electrons. The van der Waals surface area contributed by atoms with E-state index in [1.165, 1.54) is 6.08 Å². The molecule has 0 aromatic heterocycles. The molecule has 1 heterocycles. The molecule has 22 heavy (non-hydrogen) atoms. The molecule has 2 atom stereocenters. The van der Waals surface area contributed by atoms with Crippen molar-refractivity contribution in [1.29, 1.82) is 0 Å². The number of epoxide rings is 1. The molecular weight excluding hydrogens is 284 g/mol. The molecule has 1 aromatic rings. The topological polar surface area (TPSA) is 57.3 Å². The Morgan fingerprint density at radius 2 is 2.27 bits per heavy atom. The highest BCUT2D eigenvalue weighted by Crippen LogP contribution is 2.27. The van der Waals surface area contributed by atoms with Gasteiger partial charge in [-0.1, -0.05) is 6.07 Å². The number of hydrogen-bond donors (Lipinski definition) is 0. The third-order valence-electron chi connectivity index (χ3n) is 3.35. The summed E-state index contributed by atoms with van der Waals surface area (Å²) in [6.45, 7) is 5.46. The van der Waals surface area contributed by atoms with Gasteiger partial charge in [0, 0.05) is 6.08 Å². The van der Waals surface area contributed by atoms with E-state index in [-0.39, 0.29) is 18.2 Å². The zero-order chi connectivity index (χ0) is 15.9. The lowest BCUT2D eigenvalue weighted by Gasteiger charge is -2.16. The fourth-order valence-corrected chi connectivity index (χ4v) is 2.05. The number of ether oxygens (including phenoxy) is 4. The fourth-order valence-electron chi connectivity index (χ4n) is 2.05. The van der Waals surface area contributed by atoms with Crippen molar-refractivity contribution in [3.05, 3.63) is 35.4 Å². The summed E-state index contributed by atoms with van der Waals surface area (Å²) in [6, 6.07) is 5.70. The van der Waals surface area contributed by atoms with Gasteiger partial charge in [-0.25, -0.2) is 4.79 Å². The first kappa shape index (κ1) is 16.5. The number of rotatable bonds is 8. The fraction of sp³-hybridized carbons (Fsp3) is 0.471. The van der Waals surface area contributed by atoms with Gasteiger partial charge in [0.1, 0.15) is 11.9 Å². The summed E-state index contributed by atoms with van der Waals surface area (Å²) in [4.78, 5) is 11.5. The Kier molecular flexibility index (Phi) is 5.98. The highest BCUT2D eigenvalue weighted by molar-refractivity contribution is 5.87. The first-order chi connectivity index (χ1) is 10.6. The van der Waals surface area contributed by atoms with Crippen LogP contribution in [0.15, 0.2) is 24.3 Å². The summed E-state index contributed by atoms with van der Waals surface area (Å²) < 4.78 is 21.1. The van der Waals surface area contributed by atoms with Gasteiger partial charge in [-0.2, -0.15) is 0 Å². The minimum atomic E-state index is -0.365. The van der Waals surface area contributed by atoms with Gasteiger partial charge in [0.05, 0.1) is 33.0 Å². The Labute approximate surface area is 130 Å². The average Bonchev–Trinajstić information content (AvgIpc) is 3.35. The Morgan fingerprint density at radius 3 is 2.91 bits per heavy atom. The first-order valence-electron chi connectivity index (χ1n) is 7.40. The quantitative estimate of drug-likeness (QED) is 0.420. The summed E-state index contributed by atoms with van der Waals surface area (Å²) in [7, 11) is 1.61. The molecule has 1 aliphatic rings. The molecular formula is C17H22O5. The van der Waals surface area contributed by atoms with Crippen LogP contribution in [0, 0.1) is 0 Å². The minimum absolute atomic E-state index is 0.100. The van der Waals surface area contributed by atoms with Crippen molar-refractivity contribution >= 4 is 12.0 Å². The van der Waals surface area contributed by atoms with Crippen LogP contribution in [0.2, 0.25) is 0 Å². The maximum Gasteiger partial charge on any atom is 0.330 e. The predicted molar refractivity (Wildman–Crippen MR) is 82.8 cm³/mol. The van der Waals surface area contributed by atoms with Crippen LogP contribution in [0.25, 0.3) is 6.08 Å². The Morgan fingerprint density at radius 1 is 1.50 bits per heavy atom. The maximum absolute atomic E-state index is 11.5. The van der Waals surface area contributed by atoms with Crippen LogP contribution in [-0.2, 0) is 19.0 Å². The van der Waals surface area contributed by atoms with Gasteiger partial charge in [-0.05, 0) is 43.2 Å². The monoisotopic (exact) mass is 306 g/mol. The second kappa shape index (κ2) is 7.96. The Bertz CT molecular complexity index is 534. The van der Waals surface area contributed by atoms with Crippen molar-refractivity contribution < 1.29 is 23.7 Å². The van der Waals surface area contributed by atoms with Crippen LogP contribution in [0.5, 0.6) is 5.75 Å². The molecule has 1 saturated heterocycles. The summed E-state index contributed by atoms with van der Waals surface area (Å²) in [6.07, 6.45) is 3.26. The zero-order valence-electron chi connectivity index (χ0n) is 13.2. The van der Waals surface area contributed by atoms with Crippen LogP contribution in [0.4, 0.5) is 0 Å². The van der Waals surface area contributed by atoms with E-state index in [9.17, 15) is 4.79 Å². The lowest BCUT2D eigenvalue weighted by atomic mass is 10.0. The standard InChI is InChI=1S/C17H22O5/c1-4-20-17(18)8-5-13-9-14(19-3)6-7-16(13)12(2)21-10-15-11-22-15/h5-9,12,15H,4,10-11H2,1-3H3/b8-5+/t12-,15?/m1/s1. The SMILES string of the molecule is CCOC(=O)/C=C/c1cc(OC)ccc1[C@@H](C)OCC1CO1. The molecule has 1 unspecified atom stereocenters. The van der Waals surface area contributed by atoms with Crippen molar-refractivity contribution in [1.82, 2.24) is 0 Å². The van der Waals surface area contributed by atoms with Gasteiger partial charge in [-0.3, -0.25) is 0 Å². The largest absolute Gasteiger partial charge is 0.497 e. The highest BCUT2D eigenvalue weighted by atomic mass is 16.6. The molecule has 1 fully saturated rings. The lowest BCUT2D eigenvalue weighted by molar-refractivity contribution is -0.137. The van der Waals surface area contributed by atoms with Crippen LogP contribution >= 0.6 is 0 Å². The average molecular weight is 306 g/mol. The van der Waals surface area contributed by atoms with Gasteiger partial charge in [0.2, 0.25) is 0 Å². The van der Waals surface area contributed by atoms with Crippen molar-refractivity contribution in [3.8, 4) is 5.75 Å². The molecule has 1 aliphatic heterocycles. The number of methoxy groups -OCH3 is 1. The van der Waals surface area contributed by atoms with Gasteiger partial charge >= 0.3 is 5.97 Å². The van der Waals surface area contributed by atoms with E-state index in [4.69, 9.17) is 18.9 Å². The van der Waals surface area contributed by atoms with E-state index in [2.05, 4.69) is 0 Å². The van der Waals surface area contributed by atoms with Crippen molar-refractivity contribution in [3.63, 3.8) is 0 Å². The van der Waals surface area contributed by atoms with E-state index in [1.54, 1.807) is 20.1 Å². The molecule has 0 aliphatic carbocycles. The lowest BCUT2D eigenvalue weighted by Crippen LogP contribution is -2.07. The Hall–Kier alpha value is -1.85. The normalized spacial score (nSPS) is 18.2. The van der Waals surface area contributed by atoms with E-state index in [0.717, 1.165) is 23.5 Å². The molecule has 1 aromatic carbocycles. The third kappa shape index (κ3) is 4.86. The minimum Gasteiger partial charge on any atom is -0.497 e. The summed E-state index contributed by atoms with van der Waals surface area (Å²) in [5, 5.41) is 0. The molecule has 0 amide bonds. The van der Waals surface area contributed by atoms with Gasteiger partial charge in [0.15, 0.2) is 0 Å². The first-order valence-corrected chi connectivity index (χ1v) is 7.40. The molecule has 5 heteroatoms. The van der Waals surface area contributed by atoms with E-state index in [1.807, 2.05) is 25.1 Å². The van der Waals surface area contributed by atoms with Gasteiger partial charge < -0.3 is 18.9 Å². The van der Waals surface area contributed by atoms with Gasteiger partial charge in [0.25, 0.3) is 0 Å². The molecule has 0 bridgehead atoms. The predicted octanol–water partition coefficient (Wildman–Crippen LogP) is 2.75. The third-order valence-corrected chi connectivity index (χ3v) is 3.35. The van der Waals surface area contributed by atoms with E-state index < -0.39 is 0 Å². The molecule has 0 radical (unpaired) electrons. The summed E-state index contributed by atoms with van der Waals surface area (Å²) in [5.74, 6) is 0.362. The van der Waals surface area contributed by atoms with Crippen LogP contribution < -0.4 is 4.74 Å². The molecule has 0 spiro atoms. The Balaban J connectivity index is 2.13. The van der Waals surface area contributed by atoms with Crippen LogP contribution in [0.1, 0.15) is 31.1 Å². The van der Waals surface area contributed by atoms with Gasteiger partial charge in [-0.15, -0.1) is 0 Å². The number of carbonyl (C=O) groups is 1. The van der Waals surface area contributed by atoms with Crippen molar-refractivity contribution in [2.24, 2.45) is 0 Å². The van der Waals surface area contributed by atoms with Crippen molar-refractivity contribution in [2.75, 3.05) is 26.9 Å². The van der Waals surface area contributed by atoms with Crippen LogP contribution in [-0.4, -0.2) is 39.0 Å². The number of carbonyl (C=O) groups excluding carboxylic acids is 1.